The molecule has 6 nitrogen and oxygen atoms in total. The summed E-state index contributed by atoms with van der Waals surface area (Å²) in [5, 5.41) is 8.71. The molecule has 0 radical (unpaired) electrons. The Kier molecular flexibility index (Phi) is 2.39. The molecule has 2 rings (SSSR count). The third-order valence-electron chi connectivity index (χ3n) is 1.90. The Morgan fingerprint density at radius 2 is 2.33 bits per heavy atom. The Bertz CT molecular complexity index is 540. The van der Waals surface area contributed by atoms with Gasteiger partial charge in [-0.15, -0.1) is 0 Å². The molecule has 0 aliphatic rings. The minimum absolute atomic E-state index is 0.103. The van der Waals surface area contributed by atoms with E-state index < -0.39 is 0 Å². The molecule has 0 aliphatic carbocycles. The maximum Gasteiger partial charge on any atom is 0.223 e. The Morgan fingerprint density at radius 3 is 3.07 bits per heavy atom. The topological polar surface area (TPSA) is 93.4 Å². The zero-order valence-electron chi connectivity index (χ0n) is 7.68. The Hall–Kier alpha value is -1.87. The van der Waals surface area contributed by atoms with Crippen molar-refractivity contribution in [3.8, 4) is 6.07 Å². The largest absolute Gasteiger partial charge is 0.368 e. The number of rotatable bonds is 2. The van der Waals surface area contributed by atoms with Gasteiger partial charge < -0.3 is 10.3 Å². The molecule has 2 aromatic rings. The van der Waals surface area contributed by atoms with Crippen LogP contribution in [0.4, 0.5) is 5.95 Å². The molecule has 0 atom stereocenters. The van der Waals surface area contributed by atoms with Gasteiger partial charge in [-0.05, 0) is 0 Å². The monoisotopic (exact) mass is 222 g/mol. The highest BCUT2D eigenvalue weighted by atomic mass is 35.5. The maximum absolute atomic E-state index is 8.48. The number of hydrogen-bond acceptors (Lipinski definition) is 5. The van der Waals surface area contributed by atoms with Crippen molar-refractivity contribution in [1.29, 1.82) is 5.26 Å². The third-order valence-corrected chi connectivity index (χ3v) is 2.17. The second-order valence-electron chi connectivity index (χ2n) is 2.89. The van der Waals surface area contributed by atoms with E-state index in [1.807, 2.05) is 6.07 Å². The molecule has 0 saturated heterocycles. The van der Waals surface area contributed by atoms with Crippen LogP contribution in [0.15, 0.2) is 6.33 Å². The van der Waals surface area contributed by atoms with Gasteiger partial charge in [0.05, 0.1) is 18.8 Å². The summed E-state index contributed by atoms with van der Waals surface area (Å²) in [6.07, 6.45) is 1.95. The van der Waals surface area contributed by atoms with Gasteiger partial charge in [-0.2, -0.15) is 15.2 Å². The van der Waals surface area contributed by atoms with Gasteiger partial charge in [0.25, 0.3) is 0 Å². The average Bonchev–Trinajstić information content (AvgIpc) is 2.58. The quantitative estimate of drug-likeness (QED) is 0.765. The number of nitrogen functional groups attached to an aromatic ring is 1. The second kappa shape index (κ2) is 3.71. The molecule has 0 spiro atoms. The number of fused-ring (bicyclic) bond motifs is 1. The molecule has 0 fully saturated rings. The fourth-order valence-corrected chi connectivity index (χ4v) is 1.48. The van der Waals surface area contributed by atoms with E-state index in [1.54, 1.807) is 10.9 Å². The van der Waals surface area contributed by atoms with Crippen molar-refractivity contribution >= 4 is 28.7 Å². The van der Waals surface area contributed by atoms with Crippen LogP contribution < -0.4 is 5.73 Å². The number of hydrogen-bond donors (Lipinski definition) is 1. The SMILES string of the molecule is N#CCCn1cnc2c(Cl)nc(N)nc21. The summed E-state index contributed by atoms with van der Waals surface area (Å²) in [4.78, 5) is 11.9. The van der Waals surface area contributed by atoms with E-state index in [0.717, 1.165) is 0 Å². The lowest BCUT2D eigenvalue weighted by Crippen LogP contribution is -2.00. The standard InChI is InChI=1S/C8H7ClN6/c9-6-5-7(14-8(11)13-6)15(4-12-5)3-1-2-10/h4H,1,3H2,(H2,11,13,14). The molecule has 7 heteroatoms. The molecule has 2 N–H and O–H groups in total. The summed E-state index contributed by atoms with van der Waals surface area (Å²) < 4.78 is 1.72. The van der Waals surface area contributed by atoms with Gasteiger partial charge in [0.15, 0.2) is 10.8 Å². The van der Waals surface area contributed by atoms with Gasteiger partial charge in [0.2, 0.25) is 5.95 Å². The van der Waals surface area contributed by atoms with Crippen molar-refractivity contribution in [3.05, 3.63) is 11.5 Å². The molecule has 0 unspecified atom stereocenters. The highest BCUT2D eigenvalue weighted by molar-refractivity contribution is 6.33. The van der Waals surface area contributed by atoms with Crippen LogP contribution in [0.1, 0.15) is 6.42 Å². The molecule has 0 bridgehead atoms. The van der Waals surface area contributed by atoms with Crippen molar-refractivity contribution in [2.45, 2.75) is 13.0 Å². The fourth-order valence-electron chi connectivity index (χ4n) is 1.26. The molecule has 15 heavy (non-hydrogen) atoms. The number of aromatic nitrogens is 4. The molecular formula is C8H7ClN6. The predicted molar refractivity (Wildman–Crippen MR) is 55.0 cm³/mol. The number of anilines is 1. The van der Waals surface area contributed by atoms with Crippen LogP contribution in [0.3, 0.4) is 0 Å². The summed E-state index contributed by atoms with van der Waals surface area (Å²) in [5.41, 5.74) is 6.53. The number of nitriles is 1. The van der Waals surface area contributed by atoms with Gasteiger partial charge in [0, 0.05) is 6.54 Å². The van der Waals surface area contributed by atoms with E-state index in [2.05, 4.69) is 15.0 Å². The minimum atomic E-state index is 0.103. The number of nitrogens with two attached hydrogens (primary N) is 1. The number of imidazole rings is 1. The van der Waals surface area contributed by atoms with Crippen LogP contribution in [0.25, 0.3) is 11.2 Å². The second-order valence-corrected chi connectivity index (χ2v) is 3.25. The zero-order valence-corrected chi connectivity index (χ0v) is 8.44. The van der Waals surface area contributed by atoms with Gasteiger partial charge in [-0.1, -0.05) is 11.6 Å². The van der Waals surface area contributed by atoms with Crippen molar-refractivity contribution in [2.75, 3.05) is 5.73 Å². The zero-order chi connectivity index (χ0) is 10.8. The van der Waals surface area contributed by atoms with Crippen LogP contribution in [-0.4, -0.2) is 19.5 Å². The van der Waals surface area contributed by atoms with E-state index in [9.17, 15) is 0 Å². The van der Waals surface area contributed by atoms with E-state index in [4.69, 9.17) is 22.6 Å². The van der Waals surface area contributed by atoms with E-state index in [-0.39, 0.29) is 11.1 Å². The first-order valence-corrected chi connectivity index (χ1v) is 4.61. The molecule has 76 valence electrons. The average molecular weight is 223 g/mol. The van der Waals surface area contributed by atoms with Crippen molar-refractivity contribution in [3.63, 3.8) is 0 Å². The highest BCUT2D eigenvalue weighted by Crippen LogP contribution is 2.19. The van der Waals surface area contributed by atoms with Gasteiger partial charge in [-0.25, -0.2) is 4.98 Å². The lowest BCUT2D eigenvalue weighted by atomic mass is 10.4. The lowest BCUT2D eigenvalue weighted by Gasteiger charge is -2.00. The van der Waals surface area contributed by atoms with Gasteiger partial charge in [0.1, 0.15) is 5.52 Å². The third kappa shape index (κ3) is 1.69. The summed E-state index contributed by atoms with van der Waals surface area (Å²) >= 11 is 5.84. The Labute approximate surface area is 90.3 Å². The van der Waals surface area contributed by atoms with E-state index in [0.29, 0.717) is 24.1 Å². The molecule has 0 aliphatic heterocycles. The molecule has 0 amide bonds. The first kappa shape index (κ1) is 9.68. The van der Waals surface area contributed by atoms with Crippen molar-refractivity contribution < 1.29 is 0 Å². The summed E-state index contributed by atoms with van der Waals surface area (Å²) in [6, 6.07) is 2.04. The predicted octanol–water partition coefficient (Wildman–Crippen LogP) is 0.976. The number of halogens is 1. The van der Waals surface area contributed by atoms with Gasteiger partial charge >= 0.3 is 0 Å². The van der Waals surface area contributed by atoms with Gasteiger partial charge in [-0.3, -0.25) is 0 Å². The van der Waals surface area contributed by atoms with Crippen LogP contribution in [0.2, 0.25) is 5.15 Å². The first-order chi connectivity index (χ1) is 7.22. The first-order valence-electron chi connectivity index (χ1n) is 4.23. The molecule has 2 heterocycles. The molecular weight excluding hydrogens is 216 g/mol. The molecule has 0 saturated carbocycles. The van der Waals surface area contributed by atoms with Crippen LogP contribution >= 0.6 is 11.6 Å². The smallest absolute Gasteiger partial charge is 0.223 e. The van der Waals surface area contributed by atoms with Crippen molar-refractivity contribution in [2.24, 2.45) is 0 Å². The summed E-state index contributed by atoms with van der Waals surface area (Å²) in [6.45, 7) is 0.514. The highest BCUT2D eigenvalue weighted by Gasteiger charge is 2.09. The number of aryl methyl sites for hydroxylation is 1. The maximum atomic E-state index is 8.48. The number of nitrogens with zero attached hydrogens (tertiary/aromatic N) is 5. The van der Waals surface area contributed by atoms with Crippen LogP contribution in [-0.2, 0) is 6.54 Å². The summed E-state index contributed by atoms with van der Waals surface area (Å²) in [5.74, 6) is 0.103. The molecule has 0 aromatic carbocycles. The normalized spacial score (nSPS) is 10.4. The Morgan fingerprint density at radius 1 is 1.53 bits per heavy atom. The lowest BCUT2D eigenvalue weighted by molar-refractivity contribution is 0.729. The van der Waals surface area contributed by atoms with Crippen LogP contribution in [0.5, 0.6) is 0 Å². The summed E-state index contributed by atoms with van der Waals surface area (Å²) in [7, 11) is 0. The molecule has 2 aromatic heterocycles. The fraction of sp³-hybridized carbons (Fsp3) is 0.250. The van der Waals surface area contributed by atoms with E-state index >= 15 is 0 Å². The van der Waals surface area contributed by atoms with E-state index in [1.165, 1.54) is 0 Å². The van der Waals surface area contributed by atoms with Crippen LogP contribution in [0, 0.1) is 11.3 Å². The Balaban J connectivity index is 2.54. The minimum Gasteiger partial charge on any atom is -0.368 e. The van der Waals surface area contributed by atoms with Crippen molar-refractivity contribution in [1.82, 2.24) is 19.5 Å².